The third-order valence-electron chi connectivity index (χ3n) is 2.91. The largest absolute Gasteiger partial charge is 0.496 e. The van der Waals surface area contributed by atoms with Crippen molar-refractivity contribution in [1.82, 2.24) is 10.7 Å². The lowest BCUT2D eigenvalue weighted by Crippen LogP contribution is -2.40. The van der Waals surface area contributed by atoms with Crippen molar-refractivity contribution in [2.24, 2.45) is 5.10 Å². The second-order valence-corrected chi connectivity index (χ2v) is 5.05. The van der Waals surface area contributed by atoms with Crippen molar-refractivity contribution in [3.8, 4) is 17.2 Å². The van der Waals surface area contributed by atoms with Crippen LogP contribution < -0.4 is 25.0 Å². The van der Waals surface area contributed by atoms with Crippen molar-refractivity contribution in [3.05, 3.63) is 17.7 Å². The van der Waals surface area contributed by atoms with Crippen molar-refractivity contribution in [1.29, 1.82) is 0 Å². The van der Waals surface area contributed by atoms with E-state index in [-0.39, 0.29) is 6.04 Å². The van der Waals surface area contributed by atoms with E-state index >= 15 is 0 Å². The summed E-state index contributed by atoms with van der Waals surface area (Å²) < 4.78 is 20.9. The highest BCUT2D eigenvalue weighted by molar-refractivity contribution is 7.80. The summed E-state index contributed by atoms with van der Waals surface area (Å²) >= 11 is 5.15. The highest BCUT2D eigenvalue weighted by Gasteiger charge is 2.11. The molecule has 1 aromatic carbocycles. The first-order chi connectivity index (χ1) is 11.0. The molecule has 0 bridgehead atoms. The van der Waals surface area contributed by atoms with Crippen LogP contribution >= 0.6 is 12.2 Å². The predicted molar refractivity (Wildman–Crippen MR) is 93.9 cm³/mol. The van der Waals surface area contributed by atoms with Crippen molar-refractivity contribution in [2.75, 3.05) is 35.0 Å². The van der Waals surface area contributed by atoms with Crippen molar-refractivity contribution in [2.45, 2.75) is 13.0 Å². The smallest absolute Gasteiger partial charge is 0.187 e. The van der Waals surface area contributed by atoms with E-state index < -0.39 is 0 Å². The van der Waals surface area contributed by atoms with Gasteiger partial charge in [0.1, 0.15) is 17.2 Å². The van der Waals surface area contributed by atoms with E-state index in [4.69, 9.17) is 31.2 Å². The summed E-state index contributed by atoms with van der Waals surface area (Å²) in [5, 5.41) is 7.55. The van der Waals surface area contributed by atoms with Gasteiger partial charge in [-0.1, -0.05) is 0 Å². The lowest BCUT2D eigenvalue weighted by Gasteiger charge is -2.14. The zero-order valence-electron chi connectivity index (χ0n) is 14.0. The first kappa shape index (κ1) is 19.0. The van der Waals surface area contributed by atoms with Gasteiger partial charge in [0.05, 0.1) is 39.7 Å². The zero-order valence-corrected chi connectivity index (χ0v) is 14.8. The van der Waals surface area contributed by atoms with Gasteiger partial charge in [0.25, 0.3) is 0 Å². The fourth-order valence-electron chi connectivity index (χ4n) is 1.86. The molecule has 0 unspecified atom stereocenters. The first-order valence-electron chi connectivity index (χ1n) is 6.94. The van der Waals surface area contributed by atoms with Gasteiger partial charge in [-0.15, -0.1) is 0 Å². The van der Waals surface area contributed by atoms with Crippen LogP contribution in [0.1, 0.15) is 12.5 Å². The average molecular weight is 341 g/mol. The molecule has 1 atom stereocenters. The van der Waals surface area contributed by atoms with Gasteiger partial charge in [-0.2, -0.15) is 5.10 Å². The summed E-state index contributed by atoms with van der Waals surface area (Å²) in [6.45, 7) is 2.50. The van der Waals surface area contributed by atoms with E-state index in [0.29, 0.717) is 34.5 Å². The van der Waals surface area contributed by atoms with Gasteiger partial charge in [-0.25, -0.2) is 0 Å². The van der Waals surface area contributed by atoms with Gasteiger partial charge in [-0.3, -0.25) is 5.43 Å². The van der Waals surface area contributed by atoms with Gasteiger partial charge in [-0.05, 0) is 19.1 Å². The van der Waals surface area contributed by atoms with Gasteiger partial charge < -0.3 is 24.3 Å². The summed E-state index contributed by atoms with van der Waals surface area (Å²) in [6, 6.07) is 3.59. The molecule has 2 N–H and O–H groups in total. The van der Waals surface area contributed by atoms with Gasteiger partial charge in [0.15, 0.2) is 5.11 Å². The highest BCUT2D eigenvalue weighted by atomic mass is 32.1. The second-order valence-electron chi connectivity index (χ2n) is 4.65. The lowest BCUT2D eigenvalue weighted by atomic mass is 10.2. The summed E-state index contributed by atoms with van der Waals surface area (Å²) in [7, 11) is 6.35. The number of nitrogens with zero attached hydrogens (tertiary/aromatic N) is 1. The molecule has 0 aliphatic rings. The van der Waals surface area contributed by atoms with Gasteiger partial charge >= 0.3 is 0 Å². The Morgan fingerprint density at radius 3 is 2.26 bits per heavy atom. The van der Waals surface area contributed by atoms with E-state index in [1.165, 1.54) is 0 Å². The van der Waals surface area contributed by atoms with Crippen LogP contribution in [0.15, 0.2) is 17.2 Å². The number of hydrazone groups is 1. The van der Waals surface area contributed by atoms with E-state index in [9.17, 15) is 0 Å². The predicted octanol–water partition coefficient (Wildman–Crippen LogP) is 1.55. The number of hydrogen-bond acceptors (Lipinski definition) is 6. The highest BCUT2D eigenvalue weighted by Crippen LogP contribution is 2.32. The SMILES string of the molecule is COC[C@H](C)NC(=S)N/N=C\c1c(OC)cc(OC)cc1OC. The molecule has 8 heteroatoms. The quantitative estimate of drug-likeness (QED) is 0.422. The molecule has 0 saturated carbocycles. The standard InChI is InChI=1S/C15H23N3O4S/c1-10(9-19-2)17-15(23)18-16-8-12-13(21-4)6-11(20-3)7-14(12)22-5/h6-8,10H,9H2,1-5H3,(H2,17,18,23)/b16-8-/t10-/m0/s1. The minimum absolute atomic E-state index is 0.0836. The Morgan fingerprint density at radius 2 is 1.78 bits per heavy atom. The molecule has 0 spiro atoms. The minimum Gasteiger partial charge on any atom is -0.496 e. The summed E-state index contributed by atoms with van der Waals surface area (Å²) in [5.74, 6) is 1.80. The van der Waals surface area contributed by atoms with Crippen molar-refractivity contribution < 1.29 is 18.9 Å². The Morgan fingerprint density at radius 1 is 1.17 bits per heavy atom. The summed E-state index contributed by atoms with van der Waals surface area (Å²) in [4.78, 5) is 0. The second kappa shape index (κ2) is 9.86. The Hall–Kier alpha value is -2.06. The molecular formula is C15H23N3O4S. The maximum Gasteiger partial charge on any atom is 0.187 e. The van der Waals surface area contributed by atoms with E-state index in [2.05, 4.69) is 15.8 Å². The molecular weight excluding hydrogens is 318 g/mol. The monoisotopic (exact) mass is 341 g/mol. The van der Waals surface area contributed by atoms with E-state index in [1.54, 1.807) is 46.8 Å². The Bertz CT molecular complexity index is 527. The normalized spacial score (nSPS) is 11.9. The molecule has 128 valence electrons. The van der Waals surface area contributed by atoms with Crippen LogP contribution in [0.5, 0.6) is 17.2 Å². The molecule has 0 aliphatic carbocycles. The number of ether oxygens (including phenoxy) is 4. The number of rotatable bonds is 8. The number of benzene rings is 1. The third-order valence-corrected chi connectivity index (χ3v) is 3.12. The van der Waals surface area contributed by atoms with E-state index in [1.807, 2.05) is 6.92 Å². The first-order valence-corrected chi connectivity index (χ1v) is 7.35. The number of methoxy groups -OCH3 is 4. The van der Waals surface area contributed by atoms with E-state index in [0.717, 1.165) is 0 Å². The van der Waals surface area contributed by atoms with Crippen LogP contribution in [0, 0.1) is 0 Å². The summed E-state index contributed by atoms with van der Waals surface area (Å²) in [6.07, 6.45) is 1.58. The van der Waals surface area contributed by atoms with Gasteiger partial charge in [0.2, 0.25) is 0 Å². The minimum atomic E-state index is 0.0836. The maximum absolute atomic E-state index is 5.34. The lowest BCUT2D eigenvalue weighted by molar-refractivity contribution is 0.179. The fourth-order valence-corrected chi connectivity index (χ4v) is 2.12. The third kappa shape index (κ3) is 5.91. The zero-order chi connectivity index (χ0) is 17.2. The molecule has 0 saturated heterocycles. The maximum atomic E-state index is 5.34. The molecule has 1 aromatic rings. The van der Waals surface area contributed by atoms with Crippen molar-refractivity contribution in [3.63, 3.8) is 0 Å². The number of thiocarbonyl (C=S) groups is 1. The average Bonchev–Trinajstić information content (AvgIpc) is 2.54. The van der Waals surface area contributed by atoms with Crippen LogP contribution in [0.4, 0.5) is 0 Å². The molecule has 0 aliphatic heterocycles. The molecule has 0 radical (unpaired) electrons. The van der Waals surface area contributed by atoms with Crippen LogP contribution in [0.25, 0.3) is 0 Å². The number of hydrogen-bond donors (Lipinski definition) is 2. The van der Waals surface area contributed by atoms with Crippen LogP contribution in [0.2, 0.25) is 0 Å². The fraction of sp³-hybridized carbons (Fsp3) is 0.467. The molecule has 0 fully saturated rings. The Labute approximate surface area is 141 Å². The Balaban J connectivity index is 2.81. The Kier molecular flexibility index (Phi) is 8.14. The van der Waals surface area contributed by atoms with Crippen LogP contribution in [0.3, 0.4) is 0 Å². The molecule has 0 heterocycles. The molecule has 0 amide bonds. The molecule has 0 aromatic heterocycles. The number of nitrogens with one attached hydrogen (secondary N) is 2. The van der Waals surface area contributed by atoms with Crippen LogP contribution in [-0.2, 0) is 4.74 Å². The summed E-state index contributed by atoms with van der Waals surface area (Å²) in [5.41, 5.74) is 3.42. The molecule has 7 nitrogen and oxygen atoms in total. The molecule has 23 heavy (non-hydrogen) atoms. The molecule has 1 rings (SSSR count). The van der Waals surface area contributed by atoms with Gasteiger partial charge in [0, 0.05) is 25.3 Å². The topological polar surface area (TPSA) is 73.3 Å². The van der Waals surface area contributed by atoms with Crippen LogP contribution in [-0.4, -0.2) is 52.4 Å². The van der Waals surface area contributed by atoms with Crippen molar-refractivity contribution >= 4 is 23.5 Å².